The van der Waals surface area contributed by atoms with Gasteiger partial charge in [-0.05, 0) is 37.3 Å². The van der Waals surface area contributed by atoms with Crippen molar-refractivity contribution < 1.29 is 31.2 Å². The van der Waals surface area contributed by atoms with Crippen molar-refractivity contribution in [2.24, 2.45) is 0 Å². The van der Waals surface area contributed by atoms with Gasteiger partial charge in [-0.25, -0.2) is 16.8 Å². The maximum atomic E-state index is 12.9. The van der Waals surface area contributed by atoms with E-state index in [0.717, 1.165) is 15.9 Å². The van der Waals surface area contributed by atoms with Crippen molar-refractivity contribution in [3.63, 3.8) is 0 Å². The van der Waals surface area contributed by atoms with Crippen molar-refractivity contribution in [3.05, 3.63) is 58.6 Å². The zero-order valence-electron chi connectivity index (χ0n) is 19.0. The highest BCUT2D eigenvalue weighted by Gasteiger charge is 2.29. The van der Waals surface area contributed by atoms with Crippen LogP contribution in [0.4, 0.5) is 0 Å². The molecule has 0 bridgehead atoms. The number of benzene rings is 2. The quantitative estimate of drug-likeness (QED) is 0.490. The maximum Gasteiger partial charge on any atom is 0.269 e. The zero-order chi connectivity index (χ0) is 25.8. The van der Waals surface area contributed by atoms with Crippen LogP contribution >= 0.6 is 11.6 Å². The average Bonchev–Trinajstić information content (AvgIpc) is 2.83. The molecule has 1 aliphatic heterocycles. The topological polar surface area (TPSA) is 142 Å². The third-order valence-corrected chi connectivity index (χ3v) is 9.39. The fraction of sp³-hybridized carbons (Fsp3) is 0.333. The Bertz CT molecular complexity index is 1310. The number of likely N-dealkylation sites (N-methyl/N-ethyl adjacent to an activating group) is 1. The summed E-state index contributed by atoms with van der Waals surface area (Å²) >= 11 is 6.09. The number of rotatable bonds is 7. The Hall–Kier alpha value is -2.55. The summed E-state index contributed by atoms with van der Waals surface area (Å²) < 4.78 is 58.3. The van der Waals surface area contributed by atoms with Crippen molar-refractivity contribution in [1.29, 1.82) is 0 Å². The summed E-state index contributed by atoms with van der Waals surface area (Å²) in [6, 6.07) is 9.83. The van der Waals surface area contributed by atoms with Gasteiger partial charge in [0.15, 0.2) is 0 Å². The lowest BCUT2D eigenvalue weighted by Gasteiger charge is -2.26. The molecule has 1 saturated heterocycles. The second-order valence-electron chi connectivity index (χ2n) is 7.74. The van der Waals surface area contributed by atoms with Crippen LogP contribution in [0.2, 0.25) is 5.02 Å². The molecule has 0 radical (unpaired) electrons. The minimum atomic E-state index is -3.96. The summed E-state index contributed by atoms with van der Waals surface area (Å²) in [6.07, 6.45) is 0. The summed E-state index contributed by atoms with van der Waals surface area (Å²) in [7, 11) is -6.64. The van der Waals surface area contributed by atoms with Gasteiger partial charge in [-0.2, -0.15) is 8.61 Å². The van der Waals surface area contributed by atoms with Crippen LogP contribution in [-0.2, 0) is 29.6 Å². The van der Waals surface area contributed by atoms with E-state index in [-0.39, 0.29) is 46.7 Å². The summed E-state index contributed by atoms with van der Waals surface area (Å²) in [5.74, 6) is -1.61. The van der Waals surface area contributed by atoms with E-state index in [1.165, 1.54) is 35.6 Å². The molecule has 2 N–H and O–H groups in total. The molecular formula is C21H25ClN4O7S2. The Morgan fingerprint density at radius 3 is 2.29 bits per heavy atom. The second-order valence-corrected chi connectivity index (χ2v) is 12.1. The molecule has 0 unspecified atom stereocenters. The lowest BCUT2D eigenvalue weighted by molar-refractivity contribution is -0.121. The minimum absolute atomic E-state index is 0.0256. The highest BCUT2D eigenvalue weighted by atomic mass is 35.5. The molecule has 2 amide bonds. The van der Waals surface area contributed by atoms with Gasteiger partial charge in [0.25, 0.3) is 11.8 Å². The Morgan fingerprint density at radius 1 is 1.03 bits per heavy atom. The maximum absolute atomic E-state index is 12.9. The smallest absolute Gasteiger partial charge is 0.269 e. The molecule has 14 heteroatoms. The monoisotopic (exact) mass is 544 g/mol. The number of halogens is 1. The number of sulfonamides is 2. The first-order chi connectivity index (χ1) is 16.4. The van der Waals surface area contributed by atoms with Crippen molar-refractivity contribution in [2.45, 2.75) is 16.7 Å². The lowest BCUT2D eigenvalue weighted by atomic mass is 10.2. The molecule has 1 heterocycles. The van der Waals surface area contributed by atoms with E-state index in [1.54, 1.807) is 12.1 Å². The van der Waals surface area contributed by atoms with Gasteiger partial charge >= 0.3 is 0 Å². The lowest BCUT2D eigenvalue weighted by Crippen LogP contribution is -2.46. The molecule has 0 aromatic heterocycles. The molecule has 1 fully saturated rings. The first-order valence-electron chi connectivity index (χ1n) is 10.4. The van der Waals surface area contributed by atoms with E-state index < -0.39 is 38.4 Å². The number of amides is 2. The number of aryl methyl sites for hydroxylation is 1. The number of hydrogen-bond acceptors (Lipinski definition) is 7. The highest BCUT2D eigenvalue weighted by Crippen LogP contribution is 2.26. The first-order valence-corrected chi connectivity index (χ1v) is 13.7. The Kier molecular flexibility index (Phi) is 8.51. The largest absolute Gasteiger partial charge is 0.379 e. The third kappa shape index (κ3) is 6.37. The summed E-state index contributed by atoms with van der Waals surface area (Å²) in [6.45, 7) is 2.06. The molecule has 11 nitrogen and oxygen atoms in total. The van der Waals surface area contributed by atoms with Crippen LogP contribution in [0, 0.1) is 6.92 Å². The number of morpholine rings is 1. The third-order valence-electron chi connectivity index (χ3n) is 5.19. The number of nitrogens with zero attached hydrogens (tertiary/aromatic N) is 2. The second kappa shape index (κ2) is 11.0. The van der Waals surface area contributed by atoms with Crippen LogP contribution in [0.25, 0.3) is 0 Å². The van der Waals surface area contributed by atoms with E-state index in [2.05, 4.69) is 10.9 Å². The van der Waals surface area contributed by atoms with Gasteiger partial charge in [0, 0.05) is 25.7 Å². The number of carbonyl (C=O) groups is 2. The zero-order valence-corrected chi connectivity index (χ0v) is 21.4. The Labute approximate surface area is 209 Å². The SMILES string of the molecule is Cc1ccc(S(=O)(=O)N(C)CC(=O)NNC(=O)c2ccc(Cl)c(S(=O)(=O)N3CCOCC3)c2)cc1. The summed E-state index contributed by atoms with van der Waals surface area (Å²) in [4.78, 5) is 24.5. The van der Waals surface area contributed by atoms with Gasteiger partial charge in [-0.1, -0.05) is 29.3 Å². The van der Waals surface area contributed by atoms with Crippen molar-refractivity contribution in [2.75, 3.05) is 39.9 Å². The van der Waals surface area contributed by atoms with Crippen LogP contribution in [-0.4, -0.2) is 77.2 Å². The Morgan fingerprint density at radius 2 is 1.66 bits per heavy atom. The fourth-order valence-electron chi connectivity index (χ4n) is 3.18. The fourth-order valence-corrected chi connectivity index (χ4v) is 6.22. The number of hydrazine groups is 1. The van der Waals surface area contributed by atoms with Gasteiger partial charge in [0.2, 0.25) is 20.0 Å². The highest BCUT2D eigenvalue weighted by molar-refractivity contribution is 7.89. The molecule has 0 aliphatic carbocycles. The molecule has 1 aliphatic rings. The van der Waals surface area contributed by atoms with E-state index in [0.29, 0.717) is 0 Å². The van der Waals surface area contributed by atoms with Crippen molar-refractivity contribution in [1.82, 2.24) is 19.5 Å². The average molecular weight is 545 g/mol. The predicted octanol–water partition coefficient (Wildman–Crippen LogP) is 0.751. The molecule has 0 spiro atoms. The molecule has 2 aromatic carbocycles. The molecule has 190 valence electrons. The molecule has 0 atom stereocenters. The predicted molar refractivity (Wildman–Crippen MR) is 128 cm³/mol. The number of hydrogen-bond donors (Lipinski definition) is 2. The summed E-state index contributed by atoms with van der Waals surface area (Å²) in [5.41, 5.74) is 5.09. The molecule has 2 aromatic rings. The van der Waals surface area contributed by atoms with Crippen LogP contribution in [0.15, 0.2) is 52.3 Å². The van der Waals surface area contributed by atoms with Crippen molar-refractivity contribution in [3.8, 4) is 0 Å². The van der Waals surface area contributed by atoms with Gasteiger partial charge in [-0.15, -0.1) is 0 Å². The first kappa shape index (κ1) is 27.0. The van der Waals surface area contributed by atoms with E-state index in [4.69, 9.17) is 16.3 Å². The summed E-state index contributed by atoms with van der Waals surface area (Å²) in [5, 5.41) is -0.0555. The van der Waals surface area contributed by atoms with E-state index in [9.17, 15) is 26.4 Å². The normalized spacial score (nSPS) is 15.1. The number of nitrogens with one attached hydrogen (secondary N) is 2. The number of carbonyl (C=O) groups excluding carboxylic acids is 2. The van der Waals surface area contributed by atoms with E-state index >= 15 is 0 Å². The van der Waals surface area contributed by atoms with Gasteiger partial charge < -0.3 is 4.74 Å². The van der Waals surface area contributed by atoms with Gasteiger partial charge in [0.1, 0.15) is 4.90 Å². The van der Waals surface area contributed by atoms with Crippen LogP contribution < -0.4 is 10.9 Å². The molecule has 35 heavy (non-hydrogen) atoms. The van der Waals surface area contributed by atoms with Crippen molar-refractivity contribution >= 4 is 43.5 Å². The molecular weight excluding hydrogens is 520 g/mol. The number of ether oxygens (including phenoxy) is 1. The van der Waals surface area contributed by atoms with Gasteiger partial charge in [0.05, 0.1) is 29.7 Å². The van der Waals surface area contributed by atoms with E-state index in [1.807, 2.05) is 6.92 Å². The van der Waals surface area contributed by atoms with Crippen LogP contribution in [0.1, 0.15) is 15.9 Å². The van der Waals surface area contributed by atoms with Gasteiger partial charge in [-0.3, -0.25) is 20.4 Å². The minimum Gasteiger partial charge on any atom is -0.379 e. The van der Waals surface area contributed by atoms with Crippen LogP contribution in [0.3, 0.4) is 0 Å². The van der Waals surface area contributed by atoms with Crippen LogP contribution in [0.5, 0.6) is 0 Å². The molecule has 0 saturated carbocycles. The Balaban J connectivity index is 1.64. The molecule has 3 rings (SSSR count). The standard InChI is InChI=1S/C21H25ClN4O7S2/c1-15-3-6-17(7-4-15)34(29,30)25(2)14-20(27)23-24-21(28)16-5-8-18(22)19(13-16)35(31,32)26-9-11-33-12-10-26/h3-8,13H,9-12,14H2,1-2H3,(H,23,27)(H,24,28).